The van der Waals surface area contributed by atoms with Crippen molar-refractivity contribution in [2.75, 3.05) is 40.5 Å². The third-order valence-electron chi connectivity index (χ3n) is 3.59. The van der Waals surface area contributed by atoms with Crippen LogP contribution < -0.4 is 14.8 Å². The summed E-state index contributed by atoms with van der Waals surface area (Å²) in [6.07, 6.45) is 1.63. The molecule has 0 unspecified atom stereocenters. The molecular weight excluding hydrogens is 372 g/mol. The first kappa shape index (κ1) is 20.8. The minimum Gasteiger partial charge on any atom is -0.493 e. The minimum absolute atomic E-state index is 0.0681. The van der Waals surface area contributed by atoms with Gasteiger partial charge in [0.25, 0.3) is 11.1 Å². The van der Waals surface area contributed by atoms with Crippen LogP contribution in [0.3, 0.4) is 0 Å². The molecule has 1 aliphatic rings. The molecule has 3 amide bonds. The molecule has 1 N–H and O–H groups in total. The van der Waals surface area contributed by atoms with Crippen LogP contribution in [0.2, 0.25) is 0 Å². The lowest BCUT2D eigenvalue weighted by Gasteiger charge is -2.12. The number of nitrogens with zero attached hydrogens (tertiary/aromatic N) is 1. The fraction of sp³-hybridized carbons (Fsp3) is 0.389. The average molecular weight is 394 g/mol. The summed E-state index contributed by atoms with van der Waals surface area (Å²) in [5, 5.41) is 2.21. The zero-order valence-electron chi connectivity index (χ0n) is 15.4. The van der Waals surface area contributed by atoms with E-state index in [2.05, 4.69) is 5.32 Å². The Morgan fingerprint density at radius 3 is 2.70 bits per heavy atom. The zero-order valence-corrected chi connectivity index (χ0v) is 16.3. The Bertz CT molecular complexity index is 749. The van der Waals surface area contributed by atoms with Gasteiger partial charge >= 0.3 is 0 Å². The van der Waals surface area contributed by atoms with Gasteiger partial charge in [0.15, 0.2) is 11.5 Å². The average Bonchev–Trinajstić information content (AvgIpc) is 2.90. The Kier molecular flexibility index (Phi) is 7.68. The van der Waals surface area contributed by atoms with Gasteiger partial charge in [-0.15, -0.1) is 0 Å². The Morgan fingerprint density at radius 1 is 1.26 bits per heavy atom. The molecule has 0 spiro atoms. The lowest BCUT2D eigenvalue weighted by Crippen LogP contribution is -2.38. The standard InChI is InChI=1S/C18H22N2O6S/c1-4-26-13-6-5-12(9-14(13)25-3)10-15-17(22)20(18(23)27-15)8-7-19-16(21)11-24-2/h5-6,9-10H,4,7-8,11H2,1-3H3,(H,19,21)/b15-10-. The van der Waals surface area contributed by atoms with Crippen LogP contribution in [0.15, 0.2) is 23.1 Å². The fourth-order valence-corrected chi connectivity index (χ4v) is 3.25. The van der Waals surface area contributed by atoms with Crippen molar-refractivity contribution in [1.82, 2.24) is 10.2 Å². The molecule has 0 radical (unpaired) electrons. The molecule has 146 valence electrons. The van der Waals surface area contributed by atoms with Gasteiger partial charge in [-0.2, -0.15) is 0 Å². The highest BCUT2D eigenvalue weighted by atomic mass is 32.2. The van der Waals surface area contributed by atoms with E-state index in [0.29, 0.717) is 28.6 Å². The van der Waals surface area contributed by atoms with E-state index in [0.717, 1.165) is 16.7 Å². The second-order valence-corrected chi connectivity index (χ2v) is 6.45. The van der Waals surface area contributed by atoms with E-state index < -0.39 is 0 Å². The highest BCUT2D eigenvalue weighted by Crippen LogP contribution is 2.34. The van der Waals surface area contributed by atoms with Crippen molar-refractivity contribution in [2.45, 2.75) is 6.92 Å². The normalized spacial score (nSPS) is 15.4. The molecule has 1 aliphatic heterocycles. The lowest BCUT2D eigenvalue weighted by atomic mass is 10.2. The highest BCUT2D eigenvalue weighted by Gasteiger charge is 2.34. The number of amides is 3. The molecule has 0 aromatic heterocycles. The summed E-state index contributed by atoms with van der Waals surface area (Å²) in [4.78, 5) is 37.3. The van der Waals surface area contributed by atoms with Gasteiger partial charge in [0.2, 0.25) is 5.91 Å². The number of hydrogen-bond donors (Lipinski definition) is 1. The molecule has 0 atom stereocenters. The van der Waals surface area contributed by atoms with Crippen LogP contribution in [-0.4, -0.2) is 62.5 Å². The summed E-state index contributed by atoms with van der Waals surface area (Å²) in [7, 11) is 2.95. The third-order valence-corrected chi connectivity index (χ3v) is 4.50. The summed E-state index contributed by atoms with van der Waals surface area (Å²) in [5.74, 6) is 0.461. The van der Waals surface area contributed by atoms with Gasteiger partial charge in [-0.3, -0.25) is 19.3 Å². The summed E-state index contributed by atoms with van der Waals surface area (Å²) < 4.78 is 15.5. The number of imide groups is 1. The maximum atomic E-state index is 12.5. The van der Waals surface area contributed by atoms with E-state index in [1.165, 1.54) is 14.2 Å². The van der Waals surface area contributed by atoms with E-state index >= 15 is 0 Å². The third kappa shape index (κ3) is 5.48. The molecule has 27 heavy (non-hydrogen) atoms. The van der Waals surface area contributed by atoms with Crippen molar-refractivity contribution < 1.29 is 28.6 Å². The molecule has 0 aliphatic carbocycles. The second kappa shape index (κ2) is 9.98. The SMILES string of the molecule is CCOc1ccc(/C=C2\SC(=O)N(CCNC(=O)COC)C2=O)cc1OC. The van der Waals surface area contributed by atoms with Crippen LogP contribution in [0, 0.1) is 0 Å². The van der Waals surface area contributed by atoms with E-state index in [1.54, 1.807) is 24.3 Å². The van der Waals surface area contributed by atoms with Crippen molar-refractivity contribution in [3.8, 4) is 11.5 Å². The number of nitrogens with one attached hydrogen (secondary N) is 1. The first-order valence-corrected chi connectivity index (χ1v) is 9.13. The summed E-state index contributed by atoms with van der Waals surface area (Å²) in [5.41, 5.74) is 0.717. The number of carbonyl (C=O) groups excluding carboxylic acids is 3. The quantitative estimate of drug-likeness (QED) is 0.639. The van der Waals surface area contributed by atoms with Gasteiger partial charge in [0.1, 0.15) is 6.61 Å². The maximum absolute atomic E-state index is 12.5. The number of rotatable bonds is 9. The van der Waals surface area contributed by atoms with Crippen molar-refractivity contribution in [2.24, 2.45) is 0 Å². The Labute approximate surface area is 161 Å². The van der Waals surface area contributed by atoms with E-state index in [-0.39, 0.29) is 36.7 Å². The molecule has 1 heterocycles. The minimum atomic E-state index is -0.390. The molecule has 1 aromatic rings. The molecule has 0 bridgehead atoms. The van der Waals surface area contributed by atoms with Gasteiger partial charge in [-0.05, 0) is 42.5 Å². The van der Waals surface area contributed by atoms with Gasteiger partial charge < -0.3 is 19.5 Å². The highest BCUT2D eigenvalue weighted by molar-refractivity contribution is 8.18. The first-order valence-electron chi connectivity index (χ1n) is 8.32. The van der Waals surface area contributed by atoms with Crippen molar-refractivity contribution >= 4 is 34.9 Å². The van der Waals surface area contributed by atoms with Gasteiger partial charge in [-0.25, -0.2) is 0 Å². The molecule has 0 saturated carbocycles. The van der Waals surface area contributed by atoms with Gasteiger partial charge in [0, 0.05) is 20.2 Å². The summed E-state index contributed by atoms with van der Waals surface area (Å²) in [6, 6.07) is 5.28. The van der Waals surface area contributed by atoms with Crippen LogP contribution >= 0.6 is 11.8 Å². The van der Waals surface area contributed by atoms with E-state index in [9.17, 15) is 14.4 Å². The van der Waals surface area contributed by atoms with Gasteiger partial charge in [0.05, 0.1) is 18.6 Å². The zero-order chi connectivity index (χ0) is 19.8. The number of thioether (sulfide) groups is 1. The largest absolute Gasteiger partial charge is 0.493 e. The number of hydrogen-bond acceptors (Lipinski definition) is 7. The predicted octanol–water partition coefficient (Wildman–Crippen LogP) is 1.89. The molecule has 2 rings (SSSR count). The number of carbonyl (C=O) groups is 3. The summed E-state index contributed by atoms with van der Waals surface area (Å²) in [6.45, 7) is 2.59. The van der Waals surface area contributed by atoms with Crippen molar-refractivity contribution in [1.29, 1.82) is 0 Å². The molecule has 1 saturated heterocycles. The maximum Gasteiger partial charge on any atom is 0.293 e. The van der Waals surface area contributed by atoms with Crippen molar-refractivity contribution in [3.63, 3.8) is 0 Å². The lowest BCUT2D eigenvalue weighted by molar-refractivity contribution is -0.126. The van der Waals surface area contributed by atoms with Gasteiger partial charge in [-0.1, -0.05) is 6.07 Å². The van der Waals surface area contributed by atoms with Crippen LogP contribution in [0.4, 0.5) is 4.79 Å². The van der Waals surface area contributed by atoms with Crippen molar-refractivity contribution in [3.05, 3.63) is 28.7 Å². The number of ether oxygens (including phenoxy) is 3. The first-order chi connectivity index (χ1) is 13.0. The number of methoxy groups -OCH3 is 2. The second-order valence-electron chi connectivity index (χ2n) is 5.46. The van der Waals surface area contributed by atoms with Crippen LogP contribution in [0.1, 0.15) is 12.5 Å². The smallest absolute Gasteiger partial charge is 0.293 e. The number of benzene rings is 1. The Balaban J connectivity index is 2.06. The van der Waals surface area contributed by atoms with Crippen LogP contribution in [0.5, 0.6) is 11.5 Å². The fourth-order valence-electron chi connectivity index (χ4n) is 2.38. The molecule has 9 heteroatoms. The molecule has 1 fully saturated rings. The van der Waals surface area contributed by atoms with E-state index in [4.69, 9.17) is 14.2 Å². The monoisotopic (exact) mass is 394 g/mol. The van der Waals surface area contributed by atoms with E-state index in [1.807, 2.05) is 6.92 Å². The summed E-state index contributed by atoms with van der Waals surface area (Å²) >= 11 is 0.863. The molecule has 1 aromatic carbocycles. The van der Waals surface area contributed by atoms with Crippen LogP contribution in [0.25, 0.3) is 6.08 Å². The molecule has 8 nitrogen and oxygen atoms in total. The topological polar surface area (TPSA) is 94.2 Å². The molecular formula is C18H22N2O6S. The van der Waals surface area contributed by atoms with Crippen LogP contribution in [-0.2, 0) is 14.3 Å². The predicted molar refractivity (Wildman–Crippen MR) is 102 cm³/mol. The Morgan fingerprint density at radius 2 is 2.04 bits per heavy atom. The Hall–Kier alpha value is -2.52.